The summed E-state index contributed by atoms with van der Waals surface area (Å²) >= 11 is 0. The third-order valence-corrected chi connectivity index (χ3v) is 7.08. The lowest BCUT2D eigenvalue weighted by Crippen LogP contribution is -2.41. The average molecular weight is 516 g/mol. The zero-order valence-corrected chi connectivity index (χ0v) is 20.4. The number of fused-ring (bicyclic) bond motifs is 3. The molecule has 6 rings (SSSR count). The SMILES string of the molecule is CNc1ncc2c(n1)N1CCN=C1C(c1ccc(N(C(=O)C3(C(N)=O)CC3)c3ccc(F)cc3)cc1F)=C2. The van der Waals surface area contributed by atoms with Crippen molar-refractivity contribution in [2.75, 3.05) is 35.3 Å². The molecule has 3 aliphatic rings. The first-order chi connectivity index (χ1) is 18.3. The highest BCUT2D eigenvalue weighted by Gasteiger charge is 2.57. The third kappa shape index (κ3) is 3.69. The van der Waals surface area contributed by atoms with Gasteiger partial charge in [0.1, 0.15) is 28.7 Å². The first-order valence-corrected chi connectivity index (χ1v) is 12.1. The van der Waals surface area contributed by atoms with Gasteiger partial charge in [0.25, 0.3) is 0 Å². The molecular weight excluding hydrogens is 492 g/mol. The van der Waals surface area contributed by atoms with E-state index in [0.717, 1.165) is 5.56 Å². The van der Waals surface area contributed by atoms with E-state index in [1.807, 2.05) is 4.90 Å². The minimum absolute atomic E-state index is 0.194. The number of hydrogen-bond donors (Lipinski definition) is 2. The molecule has 0 atom stereocenters. The second-order valence-corrected chi connectivity index (χ2v) is 9.37. The molecule has 1 saturated carbocycles. The topological polar surface area (TPSA) is 117 Å². The van der Waals surface area contributed by atoms with E-state index in [-0.39, 0.29) is 11.3 Å². The van der Waals surface area contributed by atoms with Gasteiger partial charge in [0, 0.05) is 42.2 Å². The van der Waals surface area contributed by atoms with Gasteiger partial charge < -0.3 is 16.0 Å². The van der Waals surface area contributed by atoms with Gasteiger partial charge in [-0.05, 0) is 61.4 Å². The Labute approximate surface area is 216 Å². The summed E-state index contributed by atoms with van der Waals surface area (Å²) in [5.41, 5.74) is 6.26. The molecule has 3 N–H and O–H groups in total. The lowest BCUT2D eigenvalue weighted by molar-refractivity contribution is -0.133. The first kappa shape index (κ1) is 23.7. The van der Waals surface area contributed by atoms with E-state index in [1.54, 1.807) is 31.5 Å². The van der Waals surface area contributed by atoms with Gasteiger partial charge in [-0.1, -0.05) is 0 Å². The van der Waals surface area contributed by atoms with Crippen LogP contribution in [0.5, 0.6) is 0 Å². The summed E-state index contributed by atoms with van der Waals surface area (Å²) in [5, 5.41) is 2.92. The molecule has 38 heavy (non-hydrogen) atoms. The zero-order chi connectivity index (χ0) is 26.6. The van der Waals surface area contributed by atoms with E-state index >= 15 is 4.39 Å². The molecule has 2 amide bonds. The summed E-state index contributed by atoms with van der Waals surface area (Å²) in [5.74, 6) is -0.631. The molecule has 0 unspecified atom stereocenters. The molecule has 9 nitrogen and oxygen atoms in total. The highest BCUT2D eigenvalue weighted by Crippen LogP contribution is 2.49. The summed E-state index contributed by atoms with van der Waals surface area (Å²) in [6.07, 6.45) is 4.07. The summed E-state index contributed by atoms with van der Waals surface area (Å²) in [7, 11) is 1.73. The fourth-order valence-corrected chi connectivity index (χ4v) is 4.86. The van der Waals surface area contributed by atoms with Crippen LogP contribution in [-0.2, 0) is 9.59 Å². The maximum Gasteiger partial charge on any atom is 0.247 e. The lowest BCUT2D eigenvalue weighted by Gasteiger charge is -2.29. The highest BCUT2D eigenvalue weighted by molar-refractivity contribution is 6.35. The van der Waals surface area contributed by atoms with E-state index in [9.17, 15) is 14.0 Å². The van der Waals surface area contributed by atoms with Crippen molar-refractivity contribution in [3.63, 3.8) is 0 Å². The highest BCUT2D eigenvalue weighted by atomic mass is 19.1. The van der Waals surface area contributed by atoms with Crippen LogP contribution in [0.2, 0.25) is 0 Å². The van der Waals surface area contributed by atoms with Crippen molar-refractivity contribution < 1.29 is 18.4 Å². The van der Waals surface area contributed by atoms with Crippen molar-refractivity contribution in [3.8, 4) is 0 Å². The van der Waals surface area contributed by atoms with Crippen LogP contribution < -0.4 is 20.9 Å². The fourth-order valence-electron chi connectivity index (χ4n) is 4.86. The van der Waals surface area contributed by atoms with Crippen LogP contribution in [0.15, 0.2) is 53.7 Å². The Balaban J connectivity index is 1.43. The van der Waals surface area contributed by atoms with Crippen LogP contribution in [0.4, 0.5) is 31.9 Å². The molecule has 3 aromatic rings. The predicted octanol–water partition coefficient (Wildman–Crippen LogP) is 3.50. The van der Waals surface area contributed by atoms with E-state index in [1.165, 1.54) is 35.2 Å². The minimum atomic E-state index is -1.36. The number of nitrogens with two attached hydrogens (primary N) is 1. The maximum atomic E-state index is 15.8. The van der Waals surface area contributed by atoms with Crippen LogP contribution >= 0.6 is 0 Å². The number of hydrogen-bond acceptors (Lipinski definition) is 7. The van der Waals surface area contributed by atoms with Gasteiger partial charge in [0.15, 0.2) is 0 Å². The van der Waals surface area contributed by atoms with E-state index < -0.39 is 28.9 Å². The number of aromatic nitrogens is 2. The van der Waals surface area contributed by atoms with Crippen LogP contribution in [0.1, 0.15) is 24.0 Å². The Morgan fingerprint density at radius 2 is 1.84 bits per heavy atom. The Bertz CT molecular complexity index is 1550. The van der Waals surface area contributed by atoms with Crippen molar-refractivity contribution >= 4 is 52.4 Å². The molecule has 0 saturated heterocycles. The Morgan fingerprint density at radius 1 is 1.11 bits per heavy atom. The molecule has 192 valence electrons. The van der Waals surface area contributed by atoms with Crippen LogP contribution in [0, 0.1) is 17.0 Å². The van der Waals surface area contributed by atoms with Crippen molar-refractivity contribution in [1.29, 1.82) is 0 Å². The monoisotopic (exact) mass is 515 g/mol. The number of amides is 2. The molecule has 1 aliphatic carbocycles. The second kappa shape index (κ2) is 8.72. The summed E-state index contributed by atoms with van der Waals surface area (Å²) < 4.78 is 29.5. The fraction of sp³-hybridized carbons (Fsp3) is 0.222. The number of primary amides is 1. The molecule has 11 heteroatoms. The van der Waals surface area contributed by atoms with Gasteiger partial charge in [0.05, 0.1) is 12.2 Å². The zero-order valence-electron chi connectivity index (χ0n) is 20.4. The number of rotatable bonds is 6. The van der Waals surface area contributed by atoms with Crippen molar-refractivity contribution in [1.82, 2.24) is 9.97 Å². The quantitative estimate of drug-likeness (QED) is 0.486. The summed E-state index contributed by atoms with van der Waals surface area (Å²) in [6.45, 7) is 1.13. The van der Waals surface area contributed by atoms with Crippen molar-refractivity contribution in [2.45, 2.75) is 12.8 Å². The largest absolute Gasteiger partial charge is 0.369 e. The molecule has 0 spiro atoms. The first-order valence-electron chi connectivity index (χ1n) is 12.1. The number of aliphatic imine (C=N–C) groups is 1. The number of anilines is 4. The van der Waals surface area contributed by atoms with Crippen LogP contribution in [-0.4, -0.2) is 47.8 Å². The van der Waals surface area contributed by atoms with Crippen molar-refractivity contribution in [2.24, 2.45) is 16.1 Å². The minimum Gasteiger partial charge on any atom is -0.369 e. The number of nitrogens with one attached hydrogen (secondary N) is 1. The van der Waals surface area contributed by atoms with E-state index in [2.05, 4.69) is 20.3 Å². The standard InChI is InChI=1S/C27H23F2N7O2/c1-31-26-33-14-15-12-20(23-32-10-11-35(23)22(15)34-26)19-7-6-18(13-21(19)29)36(17-4-2-16(28)3-5-17)25(38)27(8-9-27)24(30)37/h2-7,12-14H,8-11H2,1H3,(H2,30,37)(H,31,33,34). The summed E-state index contributed by atoms with van der Waals surface area (Å²) in [6, 6.07) is 9.59. The number of carbonyl (C=O) groups is 2. The Morgan fingerprint density at radius 3 is 2.50 bits per heavy atom. The van der Waals surface area contributed by atoms with Gasteiger partial charge >= 0.3 is 0 Å². The van der Waals surface area contributed by atoms with Gasteiger partial charge in [0.2, 0.25) is 17.8 Å². The molecule has 2 aliphatic heterocycles. The number of benzene rings is 2. The van der Waals surface area contributed by atoms with Crippen LogP contribution in [0.3, 0.4) is 0 Å². The van der Waals surface area contributed by atoms with Gasteiger partial charge in [-0.2, -0.15) is 4.98 Å². The summed E-state index contributed by atoms with van der Waals surface area (Å²) in [4.78, 5) is 42.2. The molecule has 2 aromatic carbocycles. The number of carbonyl (C=O) groups excluding carboxylic acids is 2. The average Bonchev–Trinajstić information content (AvgIpc) is 3.59. The number of amidine groups is 1. The van der Waals surface area contributed by atoms with Gasteiger partial charge in [-0.3, -0.25) is 19.5 Å². The molecular formula is C27H23F2N7O2. The van der Waals surface area contributed by atoms with Crippen molar-refractivity contribution in [3.05, 3.63) is 71.4 Å². The second-order valence-electron chi connectivity index (χ2n) is 9.37. The molecule has 1 fully saturated rings. The molecule has 0 bridgehead atoms. The van der Waals surface area contributed by atoms with E-state index in [4.69, 9.17) is 5.73 Å². The molecule has 1 aromatic heterocycles. The smallest absolute Gasteiger partial charge is 0.247 e. The maximum absolute atomic E-state index is 15.8. The Hall–Kier alpha value is -4.67. The predicted molar refractivity (Wildman–Crippen MR) is 140 cm³/mol. The third-order valence-electron chi connectivity index (χ3n) is 7.08. The number of halogens is 2. The van der Waals surface area contributed by atoms with Gasteiger partial charge in [-0.15, -0.1) is 0 Å². The van der Waals surface area contributed by atoms with E-state index in [0.29, 0.717) is 54.8 Å². The number of nitrogens with zero attached hydrogens (tertiary/aromatic N) is 5. The van der Waals surface area contributed by atoms with Gasteiger partial charge in [-0.25, -0.2) is 13.8 Å². The molecule has 0 radical (unpaired) electrons. The Kier molecular flexibility index (Phi) is 5.44. The molecule has 3 heterocycles. The lowest BCUT2D eigenvalue weighted by atomic mass is 9.97. The van der Waals surface area contributed by atoms with Crippen LogP contribution in [0.25, 0.3) is 11.6 Å². The normalized spacial score (nSPS) is 16.7.